The lowest BCUT2D eigenvalue weighted by Gasteiger charge is -2.37. The number of aliphatic hydroxyl groups is 1. The van der Waals surface area contributed by atoms with Gasteiger partial charge in [0.05, 0.1) is 17.8 Å². The molecule has 1 fully saturated rings. The van der Waals surface area contributed by atoms with Crippen molar-refractivity contribution in [3.8, 4) is 0 Å². The van der Waals surface area contributed by atoms with E-state index in [9.17, 15) is 9.90 Å². The predicted molar refractivity (Wildman–Crippen MR) is 97.5 cm³/mol. The Hall–Kier alpha value is -1.82. The van der Waals surface area contributed by atoms with E-state index in [1.807, 2.05) is 18.2 Å². The van der Waals surface area contributed by atoms with Gasteiger partial charge in [0.25, 0.3) is 0 Å². The van der Waals surface area contributed by atoms with Gasteiger partial charge in [-0.2, -0.15) is 0 Å². The van der Waals surface area contributed by atoms with E-state index in [-0.39, 0.29) is 24.1 Å². The van der Waals surface area contributed by atoms with E-state index in [0.717, 1.165) is 11.3 Å². The lowest BCUT2D eigenvalue weighted by Crippen LogP contribution is -2.45. The summed E-state index contributed by atoms with van der Waals surface area (Å²) in [4.78, 5) is 16.7. The maximum Gasteiger partial charge on any atom is 0.315 e. The van der Waals surface area contributed by atoms with E-state index in [0.29, 0.717) is 29.4 Å². The number of rotatable bonds is 5. The molecule has 0 aliphatic heterocycles. The fourth-order valence-electron chi connectivity index (χ4n) is 2.93. The number of nitrogens with zero attached hydrogens (tertiary/aromatic N) is 1. The van der Waals surface area contributed by atoms with E-state index < -0.39 is 0 Å². The zero-order valence-corrected chi connectivity index (χ0v) is 15.0. The van der Waals surface area contributed by atoms with Crippen LogP contribution in [-0.4, -0.2) is 22.2 Å². The van der Waals surface area contributed by atoms with E-state index in [4.69, 9.17) is 23.2 Å². The van der Waals surface area contributed by atoms with Crippen LogP contribution in [0.2, 0.25) is 10.0 Å². The molecule has 2 aromatic rings. The molecule has 1 aliphatic rings. The maximum atomic E-state index is 12.3. The number of aliphatic hydroxyl groups excluding tert-OH is 1. The third-order valence-corrected chi connectivity index (χ3v) is 4.96. The van der Waals surface area contributed by atoms with E-state index in [1.165, 1.54) is 0 Å². The Morgan fingerprint density at radius 1 is 1.28 bits per heavy atom. The zero-order chi connectivity index (χ0) is 17.8. The van der Waals surface area contributed by atoms with Gasteiger partial charge in [-0.05, 0) is 48.6 Å². The minimum Gasteiger partial charge on any atom is -0.393 e. The van der Waals surface area contributed by atoms with Gasteiger partial charge in [0.1, 0.15) is 0 Å². The Balaban J connectivity index is 1.62. The number of carbonyl (C=O) groups excluding carboxylic acids is 1. The molecule has 1 unspecified atom stereocenters. The quantitative estimate of drug-likeness (QED) is 0.741. The summed E-state index contributed by atoms with van der Waals surface area (Å²) in [7, 11) is 0. The molecule has 0 spiro atoms. The third kappa shape index (κ3) is 4.63. The van der Waals surface area contributed by atoms with Crippen molar-refractivity contribution >= 4 is 29.2 Å². The molecule has 5 nitrogen and oxygen atoms in total. The normalized spacial score (nSPS) is 20.4. The standard InChI is InChI=1S/C18H19Cl2N3O2/c19-13-5-4-11(15(20)9-13)10-22-18(25)23-17(12-7-14(24)8-12)16-3-1-2-6-21-16/h1-6,9,12,14,17,24H,7-8,10H2,(H2,22,23,25). The summed E-state index contributed by atoms with van der Waals surface area (Å²) in [5, 5.41) is 16.4. The Bertz CT molecular complexity index is 736. The number of hydrogen-bond acceptors (Lipinski definition) is 3. The summed E-state index contributed by atoms with van der Waals surface area (Å²) in [6, 6.07) is 10.2. The first-order chi connectivity index (χ1) is 12.0. The number of pyridine rings is 1. The van der Waals surface area contributed by atoms with E-state index >= 15 is 0 Å². The highest BCUT2D eigenvalue weighted by Gasteiger charge is 2.36. The molecule has 1 aromatic heterocycles. The van der Waals surface area contributed by atoms with Crippen LogP contribution in [0.15, 0.2) is 42.6 Å². The molecule has 0 radical (unpaired) electrons. The monoisotopic (exact) mass is 379 g/mol. The Morgan fingerprint density at radius 2 is 2.08 bits per heavy atom. The molecule has 0 bridgehead atoms. The molecule has 2 amide bonds. The minimum absolute atomic E-state index is 0.176. The van der Waals surface area contributed by atoms with Gasteiger partial charge in [-0.3, -0.25) is 4.98 Å². The van der Waals surface area contributed by atoms with E-state index in [2.05, 4.69) is 15.6 Å². The summed E-state index contributed by atoms with van der Waals surface area (Å²) in [5.41, 5.74) is 1.58. The summed E-state index contributed by atoms with van der Waals surface area (Å²) >= 11 is 12.0. The van der Waals surface area contributed by atoms with Crippen LogP contribution in [0.4, 0.5) is 4.79 Å². The second-order valence-electron chi connectivity index (χ2n) is 6.18. The first-order valence-electron chi connectivity index (χ1n) is 8.10. The molecule has 1 saturated carbocycles. The van der Waals surface area contributed by atoms with Crippen LogP contribution in [0.5, 0.6) is 0 Å². The van der Waals surface area contributed by atoms with Crippen LogP contribution in [0, 0.1) is 5.92 Å². The van der Waals surface area contributed by atoms with Gasteiger partial charge in [0, 0.05) is 22.8 Å². The number of aromatic nitrogens is 1. The first-order valence-corrected chi connectivity index (χ1v) is 8.86. The second kappa shape index (κ2) is 8.04. The van der Waals surface area contributed by atoms with Crippen molar-refractivity contribution in [2.75, 3.05) is 0 Å². The summed E-state index contributed by atoms with van der Waals surface area (Å²) in [5.74, 6) is 0.176. The number of urea groups is 1. The van der Waals surface area contributed by atoms with Crippen LogP contribution in [0.3, 0.4) is 0 Å². The molecule has 1 heterocycles. The fraction of sp³-hybridized carbons (Fsp3) is 0.333. The van der Waals surface area contributed by atoms with Crippen molar-refractivity contribution in [2.45, 2.75) is 31.5 Å². The van der Waals surface area contributed by atoms with Crippen molar-refractivity contribution in [1.82, 2.24) is 15.6 Å². The Labute approximate surface area is 156 Å². The molecule has 3 rings (SSSR count). The zero-order valence-electron chi connectivity index (χ0n) is 13.5. The predicted octanol–water partition coefficient (Wildman–Crippen LogP) is 3.70. The Kier molecular flexibility index (Phi) is 5.78. The van der Waals surface area contributed by atoms with Crippen LogP contribution < -0.4 is 10.6 Å². The van der Waals surface area contributed by atoms with Gasteiger partial charge in [-0.25, -0.2) is 4.79 Å². The lowest BCUT2D eigenvalue weighted by atomic mass is 9.76. The van der Waals surface area contributed by atoms with Gasteiger partial charge >= 0.3 is 6.03 Å². The molecule has 1 aliphatic carbocycles. The van der Waals surface area contributed by atoms with Gasteiger partial charge < -0.3 is 15.7 Å². The third-order valence-electron chi connectivity index (χ3n) is 4.37. The fourth-order valence-corrected chi connectivity index (χ4v) is 3.40. The number of benzene rings is 1. The molecule has 1 aromatic carbocycles. The lowest BCUT2D eigenvalue weighted by molar-refractivity contribution is 0.0252. The van der Waals surface area contributed by atoms with Gasteiger partial charge in [0.15, 0.2) is 0 Å². The molecule has 0 saturated heterocycles. The van der Waals surface area contributed by atoms with Gasteiger partial charge in [-0.1, -0.05) is 35.3 Å². The molecule has 25 heavy (non-hydrogen) atoms. The van der Waals surface area contributed by atoms with Crippen LogP contribution in [-0.2, 0) is 6.54 Å². The van der Waals surface area contributed by atoms with Gasteiger partial charge in [-0.15, -0.1) is 0 Å². The van der Waals surface area contributed by atoms with Gasteiger partial charge in [0.2, 0.25) is 0 Å². The highest BCUT2D eigenvalue weighted by Crippen LogP contribution is 2.37. The van der Waals surface area contributed by atoms with E-state index in [1.54, 1.807) is 24.4 Å². The molecule has 7 heteroatoms. The number of nitrogens with one attached hydrogen (secondary N) is 2. The largest absolute Gasteiger partial charge is 0.393 e. The maximum absolute atomic E-state index is 12.3. The average Bonchev–Trinajstić information content (AvgIpc) is 2.57. The van der Waals surface area contributed by atoms with Crippen molar-refractivity contribution in [3.05, 3.63) is 63.9 Å². The van der Waals surface area contributed by atoms with Crippen molar-refractivity contribution < 1.29 is 9.90 Å². The highest BCUT2D eigenvalue weighted by atomic mass is 35.5. The number of carbonyl (C=O) groups is 1. The average molecular weight is 380 g/mol. The summed E-state index contributed by atoms with van der Waals surface area (Å²) in [6.45, 7) is 0.296. The SMILES string of the molecule is O=C(NCc1ccc(Cl)cc1Cl)NC(c1ccccn1)C1CC(O)C1. The first kappa shape index (κ1) is 18.0. The van der Waals surface area contributed by atoms with Crippen molar-refractivity contribution in [2.24, 2.45) is 5.92 Å². The minimum atomic E-state index is -0.303. The second-order valence-corrected chi connectivity index (χ2v) is 7.02. The topological polar surface area (TPSA) is 74.2 Å². The summed E-state index contributed by atoms with van der Waals surface area (Å²) < 4.78 is 0. The highest BCUT2D eigenvalue weighted by molar-refractivity contribution is 6.35. The van der Waals surface area contributed by atoms with Crippen LogP contribution in [0.25, 0.3) is 0 Å². The molecular formula is C18H19Cl2N3O2. The smallest absolute Gasteiger partial charge is 0.315 e. The van der Waals surface area contributed by atoms with Crippen LogP contribution >= 0.6 is 23.2 Å². The molecule has 132 valence electrons. The van der Waals surface area contributed by atoms with Crippen molar-refractivity contribution in [1.29, 1.82) is 0 Å². The number of hydrogen-bond donors (Lipinski definition) is 3. The molecule has 3 N–H and O–H groups in total. The van der Waals surface area contributed by atoms with Crippen molar-refractivity contribution in [3.63, 3.8) is 0 Å². The number of halogens is 2. The van der Waals surface area contributed by atoms with Crippen LogP contribution in [0.1, 0.15) is 30.1 Å². The molecule has 1 atom stereocenters. The Morgan fingerprint density at radius 3 is 2.72 bits per heavy atom. The number of amides is 2. The molecular weight excluding hydrogens is 361 g/mol. The summed E-state index contributed by atoms with van der Waals surface area (Å²) in [6.07, 6.45) is 2.72.